The van der Waals surface area contributed by atoms with E-state index in [4.69, 9.17) is 15.1 Å². The molecule has 102 valence electrons. The van der Waals surface area contributed by atoms with Gasteiger partial charge in [-0.15, -0.1) is 0 Å². The third-order valence-corrected chi connectivity index (χ3v) is 2.20. The highest BCUT2D eigenvalue weighted by Crippen LogP contribution is 2.09. The number of anilines is 1. The first-order chi connectivity index (χ1) is 9.04. The highest BCUT2D eigenvalue weighted by molar-refractivity contribution is 5.66. The van der Waals surface area contributed by atoms with E-state index in [0.717, 1.165) is 0 Å². The number of carboxylic acids is 1. The number of aromatic nitrogens is 2. The predicted octanol–water partition coefficient (Wildman–Crippen LogP) is -0.0667. The second kappa shape index (κ2) is 7.13. The topological polar surface area (TPSA) is 128 Å². The van der Waals surface area contributed by atoms with E-state index in [1.807, 2.05) is 0 Å². The van der Waals surface area contributed by atoms with Crippen LogP contribution in [0.2, 0.25) is 0 Å². The molecular formula is C11H14N4O4. The molecule has 1 aromatic heterocycles. The molecule has 0 aliphatic heterocycles. The molecule has 3 N–H and O–H groups in total. The number of nitrogens with one attached hydrogen (secondary N) is 2. The van der Waals surface area contributed by atoms with Gasteiger partial charge in [-0.05, 0) is 6.92 Å². The SMILES string of the molecule is CC(COCCC(=O)O)Nc1cn[nH]c(=O)c1C#N. The summed E-state index contributed by atoms with van der Waals surface area (Å²) in [5.74, 6) is -0.925. The van der Waals surface area contributed by atoms with Gasteiger partial charge in [0, 0.05) is 6.04 Å². The van der Waals surface area contributed by atoms with Gasteiger partial charge in [0.05, 0.1) is 31.5 Å². The molecule has 0 spiro atoms. The van der Waals surface area contributed by atoms with Crippen LogP contribution in [-0.4, -0.2) is 40.5 Å². The van der Waals surface area contributed by atoms with E-state index in [-0.39, 0.29) is 31.2 Å². The van der Waals surface area contributed by atoms with E-state index < -0.39 is 11.5 Å². The van der Waals surface area contributed by atoms with Crippen molar-refractivity contribution >= 4 is 11.7 Å². The summed E-state index contributed by atoms with van der Waals surface area (Å²) < 4.78 is 5.15. The van der Waals surface area contributed by atoms with Crippen molar-refractivity contribution in [2.24, 2.45) is 0 Å². The van der Waals surface area contributed by atoms with Crippen LogP contribution in [0, 0.1) is 11.3 Å². The van der Waals surface area contributed by atoms with Crippen LogP contribution in [0.4, 0.5) is 5.69 Å². The maximum absolute atomic E-state index is 11.3. The number of nitrogens with zero attached hydrogens (tertiary/aromatic N) is 2. The number of nitriles is 1. The van der Waals surface area contributed by atoms with Crippen LogP contribution in [-0.2, 0) is 9.53 Å². The second-order valence-electron chi connectivity index (χ2n) is 3.86. The molecule has 8 heteroatoms. The second-order valence-corrected chi connectivity index (χ2v) is 3.86. The zero-order valence-electron chi connectivity index (χ0n) is 10.3. The van der Waals surface area contributed by atoms with Gasteiger partial charge < -0.3 is 15.2 Å². The number of carboxylic acid groups (broad SMARTS) is 1. The highest BCUT2D eigenvalue weighted by atomic mass is 16.5. The van der Waals surface area contributed by atoms with Crippen molar-refractivity contribution in [3.63, 3.8) is 0 Å². The first-order valence-electron chi connectivity index (χ1n) is 5.58. The van der Waals surface area contributed by atoms with Crippen LogP contribution in [0.3, 0.4) is 0 Å². The number of aromatic amines is 1. The molecule has 0 bridgehead atoms. The summed E-state index contributed by atoms with van der Waals surface area (Å²) in [6.07, 6.45) is 1.27. The molecular weight excluding hydrogens is 252 g/mol. The van der Waals surface area contributed by atoms with Gasteiger partial charge in [-0.3, -0.25) is 9.59 Å². The molecule has 0 radical (unpaired) electrons. The van der Waals surface area contributed by atoms with Gasteiger partial charge in [-0.1, -0.05) is 0 Å². The van der Waals surface area contributed by atoms with Gasteiger partial charge in [0.15, 0.2) is 0 Å². The predicted molar refractivity (Wildman–Crippen MR) is 65.7 cm³/mol. The maximum Gasteiger partial charge on any atom is 0.305 e. The lowest BCUT2D eigenvalue weighted by Crippen LogP contribution is -2.25. The summed E-state index contributed by atoms with van der Waals surface area (Å²) in [5, 5.41) is 26.0. The van der Waals surface area contributed by atoms with Crippen molar-refractivity contribution < 1.29 is 14.6 Å². The fourth-order valence-corrected chi connectivity index (χ4v) is 1.35. The first-order valence-corrected chi connectivity index (χ1v) is 5.58. The Balaban J connectivity index is 2.51. The van der Waals surface area contributed by atoms with Gasteiger partial charge in [0.2, 0.25) is 0 Å². The summed E-state index contributed by atoms with van der Waals surface area (Å²) in [7, 11) is 0. The minimum Gasteiger partial charge on any atom is -0.481 e. The van der Waals surface area contributed by atoms with E-state index in [9.17, 15) is 9.59 Å². The van der Waals surface area contributed by atoms with E-state index in [1.165, 1.54) is 6.20 Å². The Hall–Kier alpha value is -2.40. The minimum atomic E-state index is -0.925. The lowest BCUT2D eigenvalue weighted by atomic mass is 10.2. The Morgan fingerprint density at radius 2 is 2.47 bits per heavy atom. The summed E-state index contributed by atoms with van der Waals surface area (Å²) in [4.78, 5) is 21.6. The van der Waals surface area contributed by atoms with E-state index in [0.29, 0.717) is 5.69 Å². The van der Waals surface area contributed by atoms with Gasteiger partial charge in [-0.25, -0.2) is 5.10 Å². The normalized spacial score (nSPS) is 11.6. The zero-order chi connectivity index (χ0) is 14.3. The Morgan fingerprint density at radius 1 is 1.74 bits per heavy atom. The molecule has 1 atom stereocenters. The van der Waals surface area contributed by atoms with Crippen LogP contribution in [0.25, 0.3) is 0 Å². The third kappa shape index (κ3) is 4.77. The fraction of sp³-hybridized carbons (Fsp3) is 0.455. The summed E-state index contributed by atoms with van der Waals surface area (Å²) >= 11 is 0. The van der Waals surface area contributed by atoms with Crippen molar-refractivity contribution in [2.45, 2.75) is 19.4 Å². The number of aliphatic carboxylic acids is 1. The number of rotatable bonds is 7. The van der Waals surface area contributed by atoms with Gasteiger partial charge in [0.1, 0.15) is 11.6 Å². The molecule has 19 heavy (non-hydrogen) atoms. The summed E-state index contributed by atoms with van der Waals surface area (Å²) in [5.41, 5.74) is -0.292. The van der Waals surface area contributed by atoms with Gasteiger partial charge in [0.25, 0.3) is 5.56 Å². The number of H-pyrrole nitrogens is 1. The molecule has 0 fully saturated rings. The van der Waals surface area contributed by atoms with Gasteiger partial charge >= 0.3 is 5.97 Å². The smallest absolute Gasteiger partial charge is 0.305 e. The molecule has 1 aromatic rings. The highest BCUT2D eigenvalue weighted by Gasteiger charge is 2.10. The number of hydrogen-bond acceptors (Lipinski definition) is 6. The maximum atomic E-state index is 11.3. The molecule has 0 aromatic carbocycles. The van der Waals surface area contributed by atoms with Crippen LogP contribution < -0.4 is 10.9 Å². The Bertz CT molecular complexity index is 534. The van der Waals surface area contributed by atoms with E-state index in [1.54, 1.807) is 13.0 Å². The monoisotopic (exact) mass is 266 g/mol. The molecule has 1 rings (SSSR count). The Kier molecular flexibility index (Phi) is 5.50. The fourth-order valence-electron chi connectivity index (χ4n) is 1.35. The van der Waals surface area contributed by atoms with Crippen LogP contribution >= 0.6 is 0 Å². The molecule has 1 unspecified atom stereocenters. The zero-order valence-corrected chi connectivity index (χ0v) is 10.3. The van der Waals surface area contributed by atoms with E-state index >= 15 is 0 Å². The third-order valence-electron chi connectivity index (χ3n) is 2.20. The largest absolute Gasteiger partial charge is 0.481 e. The van der Waals surface area contributed by atoms with Crippen molar-refractivity contribution in [3.8, 4) is 6.07 Å². The van der Waals surface area contributed by atoms with Crippen molar-refractivity contribution in [3.05, 3.63) is 22.1 Å². The number of carbonyl (C=O) groups is 1. The number of hydrogen-bond donors (Lipinski definition) is 3. The van der Waals surface area contributed by atoms with Crippen LogP contribution in [0.5, 0.6) is 0 Å². The standard InChI is InChI=1S/C11H14N4O4/c1-7(6-19-3-2-10(16)17)14-9-5-13-15-11(18)8(9)4-12/h5,7H,2-3,6H2,1H3,(H,16,17)(H2,14,15,18). The summed E-state index contributed by atoms with van der Waals surface area (Å²) in [6, 6.07) is 1.60. The molecule has 0 saturated carbocycles. The van der Waals surface area contributed by atoms with Crippen molar-refractivity contribution in [2.75, 3.05) is 18.5 Å². The van der Waals surface area contributed by atoms with Crippen molar-refractivity contribution in [1.29, 1.82) is 5.26 Å². The first kappa shape index (κ1) is 14.7. The average molecular weight is 266 g/mol. The van der Waals surface area contributed by atoms with Crippen LogP contribution in [0.1, 0.15) is 18.9 Å². The molecule has 1 heterocycles. The average Bonchev–Trinajstić information content (AvgIpc) is 2.35. The number of ether oxygens (including phenoxy) is 1. The molecule has 0 aliphatic rings. The molecule has 0 amide bonds. The molecule has 0 saturated heterocycles. The minimum absolute atomic E-state index is 0.0487. The lowest BCUT2D eigenvalue weighted by Gasteiger charge is -2.15. The molecule has 8 nitrogen and oxygen atoms in total. The van der Waals surface area contributed by atoms with Crippen LogP contribution in [0.15, 0.2) is 11.0 Å². The summed E-state index contributed by atoms with van der Waals surface area (Å²) in [6.45, 7) is 2.15. The Labute approximate surface area is 109 Å². The molecule has 0 aliphatic carbocycles. The van der Waals surface area contributed by atoms with Gasteiger partial charge in [-0.2, -0.15) is 10.4 Å². The lowest BCUT2D eigenvalue weighted by molar-refractivity contribution is -0.138. The Morgan fingerprint density at radius 3 is 3.11 bits per heavy atom. The van der Waals surface area contributed by atoms with Crippen molar-refractivity contribution in [1.82, 2.24) is 10.2 Å². The van der Waals surface area contributed by atoms with E-state index in [2.05, 4.69) is 15.5 Å². The quantitative estimate of drug-likeness (QED) is 0.589.